The molecule has 1 amide bonds. The van der Waals surface area contributed by atoms with Crippen LogP contribution in [-0.4, -0.2) is 55.1 Å². The number of rotatable bonds is 6. The summed E-state index contributed by atoms with van der Waals surface area (Å²) in [6, 6.07) is 4.12. The Balaban J connectivity index is 1.30. The summed E-state index contributed by atoms with van der Waals surface area (Å²) >= 11 is 0. The number of amides is 1. The van der Waals surface area contributed by atoms with Crippen LogP contribution in [0.3, 0.4) is 0 Å². The van der Waals surface area contributed by atoms with Crippen molar-refractivity contribution in [3.8, 4) is 0 Å². The van der Waals surface area contributed by atoms with Crippen LogP contribution in [0.15, 0.2) is 16.5 Å². The summed E-state index contributed by atoms with van der Waals surface area (Å²) in [5.74, 6) is 2.90. The Labute approximate surface area is 150 Å². The third-order valence-electron chi connectivity index (χ3n) is 6.36. The van der Waals surface area contributed by atoms with E-state index in [9.17, 15) is 4.79 Å². The van der Waals surface area contributed by atoms with E-state index in [4.69, 9.17) is 9.15 Å². The van der Waals surface area contributed by atoms with Crippen molar-refractivity contribution in [3.05, 3.63) is 23.7 Å². The van der Waals surface area contributed by atoms with Gasteiger partial charge in [-0.2, -0.15) is 0 Å². The van der Waals surface area contributed by atoms with Gasteiger partial charge >= 0.3 is 0 Å². The Morgan fingerprint density at radius 2 is 2.16 bits per heavy atom. The number of hydrogen-bond donors (Lipinski definition) is 0. The quantitative estimate of drug-likeness (QED) is 0.795. The zero-order valence-corrected chi connectivity index (χ0v) is 15.3. The predicted molar refractivity (Wildman–Crippen MR) is 95.1 cm³/mol. The van der Waals surface area contributed by atoms with Crippen LogP contribution in [0.2, 0.25) is 0 Å². The van der Waals surface area contributed by atoms with Crippen molar-refractivity contribution in [2.75, 3.05) is 39.4 Å². The molecule has 3 aliphatic rings. The minimum absolute atomic E-state index is 0.171. The molecule has 1 saturated carbocycles. The molecule has 2 atom stereocenters. The molecule has 3 fully saturated rings. The average molecular weight is 346 g/mol. The SMILES string of the molecule is Cc1ccc(CN2C[C@@H]3CCC[C@]3(COCC(=O)N3CCCC3)C2)o1. The lowest BCUT2D eigenvalue weighted by Crippen LogP contribution is -2.36. The van der Waals surface area contributed by atoms with E-state index >= 15 is 0 Å². The molecule has 0 radical (unpaired) electrons. The van der Waals surface area contributed by atoms with E-state index in [1.54, 1.807) is 0 Å². The molecule has 0 aromatic carbocycles. The van der Waals surface area contributed by atoms with Crippen LogP contribution in [0, 0.1) is 18.3 Å². The highest BCUT2D eigenvalue weighted by Gasteiger charge is 2.49. The largest absolute Gasteiger partial charge is 0.465 e. The Bertz CT molecular complexity index is 608. The molecular formula is C20H30N2O3. The minimum atomic E-state index is 0.171. The fourth-order valence-electron chi connectivity index (χ4n) is 5.07. The van der Waals surface area contributed by atoms with Gasteiger partial charge < -0.3 is 14.1 Å². The number of hydrogen-bond acceptors (Lipinski definition) is 4. The van der Waals surface area contributed by atoms with Gasteiger partial charge in [-0.15, -0.1) is 0 Å². The lowest BCUT2D eigenvalue weighted by atomic mass is 9.81. The lowest BCUT2D eigenvalue weighted by Gasteiger charge is -2.29. The highest BCUT2D eigenvalue weighted by molar-refractivity contribution is 5.77. The first kappa shape index (κ1) is 17.1. The second-order valence-electron chi connectivity index (χ2n) is 8.21. The number of furan rings is 1. The van der Waals surface area contributed by atoms with E-state index in [2.05, 4.69) is 11.0 Å². The molecule has 1 aromatic rings. The van der Waals surface area contributed by atoms with Gasteiger partial charge in [-0.1, -0.05) is 6.42 Å². The first-order valence-electron chi connectivity index (χ1n) is 9.78. The summed E-state index contributed by atoms with van der Waals surface area (Å²) < 4.78 is 11.7. The molecule has 0 N–H and O–H groups in total. The third kappa shape index (κ3) is 3.63. The predicted octanol–water partition coefficient (Wildman–Crippen LogP) is 2.83. The molecular weight excluding hydrogens is 316 g/mol. The zero-order valence-electron chi connectivity index (χ0n) is 15.3. The van der Waals surface area contributed by atoms with Gasteiger partial charge in [0.2, 0.25) is 5.91 Å². The van der Waals surface area contributed by atoms with Gasteiger partial charge in [0.1, 0.15) is 18.1 Å². The van der Waals surface area contributed by atoms with E-state index < -0.39 is 0 Å². The smallest absolute Gasteiger partial charge is 0.248 e. The molecule has 4 rings (SSSR count). The normalized spacial score (nSPS) is 29.5. The standard InChI is InChI=1S/C20H30N2O3/c1-16-6-7-18(25-16)12-21-11-17-5-4-8-20(17,14-21)15-24-13-19(23)22-9-2-3-10-22/h6-7,17H,2-5,8-15H2,1H3/t17-,20+/m0/s1. The number of carbonyl (C=O) groups excluding carboxylic acids is 1. The molecule has 3 heterocycles. The van der Waals surface area contributed by atoms with E-state index in [-0.39, 0.29) is 17.9 Å². The van der Waals surface area contributed by atoms with Crippen LogP contribution in [0.4, 0.5) is 0 Å². The van der Waals surface area contributed by atoms with Crippen LogP contribution >= 0.6 is 0 Å². The van der Waals surface area contributed by atoms with Crippen molar-refractivity contribution in [3.63, 3.8) is 0 Å². The van der Waals surface area contributed by atoms with Crippen LogP contribution < -0.4 is 0 Å². The van der Waals surface area contributed by atoms with Gasteiger partial charge in [-0.3, -0.25) is 9.69 Å². The second-order valence-corrected chi connectivity index (χ2v) is 8.21. The monoisotopic (exact) mass is 346 g/mol. The number of likely N-dealkylation sites (tertiary alicyclic amines) is 2. The molecule has 1 aliphatic carbocycles. The first-order valence-corrected chi connectivity index (χ1v) is 9.78. The zero-order chi connectivity index (χ0) is 17.3. The van der Waals surface area contributed by atoms with E-state index in [1.165, 1.54) is 19.3 Å². The van der Waals surface area contributed by atoms with Crippen molar-refractivity contribution >= 4 is 5.91 Å². The number of aryl methyl sites for hydroxylation is 1. The van der Waals surface area contributed by atoms with Crippen LogP contribution in [-0.2, 0) is 16.1 Å². The van der Waals surface area contributed by atoms with Gasteiger partial charge in [0.15, 0.2) is 0 Å². The maximum atomic E-state index is 12.2. The number of fused-ring (bicyclic) bond motifs is 1. The van der Waals surface area contributed by atoms with E-state index in [0.717, 1.165) is 63.7 Å². The van der Waals surface area contributed by atoms with Gasteiger partial charge in [0.05, 0.1) is 13.2 Å². The average Bonchev–Trinajstić information content (AvgIpc) is 3.32. The summed E-state index contributed by atoms with van der Waals surface area (Å²) in [4.78, 5) is 16.7. The number of ether oxygens (including phenoxy) is 1. The maximum absolute atomic E-state index is 12.2. The second kappa shape index (κ2) is 7.12. The molecule has 5 heteroatoms. The Morgan fingerprint density at radius 3 is 2.92 bits per heavy atom. The molecule has 2 saturated heterocycles. The van der Waals surface area contributed by atoms with Crippen molar-refractivity contribution in [2.45, 2.75) is 45.6 Å². The summed E-state index contributed by atoms with van der Waals surface area (Å²) in [5.41, 5.74) is 0.243. The molecule has 25 heavy (non-hydrogen) atoms. The van der Waals surface area contributed by atoms with E-state index in [1.807, 2.05) is 17.9 Å². The number of nitrogens with zero attached hydrogens (tertiary/aromatic N) is 2. The fourth-order valence-corrected chi connectivity index (χ4v) is 5.07. The molecule has 2 aliphatic heterocycles. The Kier molecular flexibility index (Phi) is 4.87. The molecule has 1 aromatic heterocycles. The van der Waals surface area contributed by atoms with Crippen molar-refractivity contribution in [2.24, 2.45) is 11.3 Å². The third-order valence-corrected chi connectivity index (χ3v) is 6.36. The van der Waals surface area contributed by atoms with Gasteiger partial charge in [-0.05, 0) is 50.7 Å². The van der Waals surface area contributed by atoms with Crippen LogP contribution in [0.5, 0.6) is 0 Å². The van der Waals surface area contributed by atoms with Crippen molar-refractivity contribution in [1.82, 2.24) is 9.80 Å². The minimum Gasteiger partial charge on any atom is -0.465 e. The first-order chi connectivity index (χ1) is 12.1. The molecule has 138 valence electrons. The summed E-state index contributed by atoms with van der Waals surface area (Å²) in [6.45, 7) is 7.88. The molecule has 0 unspecified atom stereocenters. The summed E-state index contributed by atoms with van der Waals surface area (Å²) in [6.07, 6.45) is 6.08. The van der Waals surface area contributed by atoms with Crippen LogP contribution in [0.1, 0.15) is 43.6 Å². The molecule has 5 nitrogen and oxygen atoms in total. The lowest BCUT2D eigenvalue weighted by molar-refractivity contribution is -0.136. The van der Waals surface area contributed by atoms with Gasteiger partial charge in [0.25, 0.3) is 0 Å². The highest BCUT2D eigenvalue weighted by Crippen LogP contribution is 2.49. The topological polar surface area (TPSA) is 45.9 Å². The Morgan fingerprint density at radius 1 is 1.32 bits per heavy atom. The Hall–Kier alpha value is -1.33. The van der Waals surface area contributed by atoms with Crippen LogP contribution in [0.25, 0.3) is 0 Å². The number of carbonyl (C=O) groups is 1. The van der Waals surface area contributed by atoms with Crippen molar-refractivity contribution in [1.29, 1.82) is 0 Å². The van der Waals surface area contributed by atoms with Crippen molar-refractivity contribution < 1.29 is 13.9 Å². The fraction of sp³-hybridized carbons (Fsp3) is 0.750. The maximum Gasteiger partial charge on any atom is 0.248 e. The van der Waals surface area contributed by atoms with Gasteiger partial charge in [0, 0.05) is 31.6 Å². The summed E-state index contributed by atoms with van der Waals surface area (Å²) in [7, 11) is 0. The molecule has 0 bridgehead atoms. The highest BCUT2D eigenvalue weighted by atomic mass is 16.5. The van der Waals surface area contributed by atoms with E-state index in [0.29, 0.717) is 5.92 Å². The van der Waals surface area contributed by atoms with Gasteiger partial charge in [-0.25, -0.2) is 0 Å². The molecule has 0 spiro atoms. The summed E-state index contributed by atoms with van der Waals surface area (Å²) in [5, 5.41) is 0.